The molecule has 312 valence electrons. The van der Waals surface area contributed by atoms with Gasteiger partial charge in [-0.2, -0.15) is 0 Å². The summed E-state index contributed by atoms with van der Waals surface area (Å²) in [6, 6.07) is 0. The lowest BCUT2D eigenvalue weighted by atomic mass is 9.44. The van der Waals surface area contributed by atoms with Crippen molar-refractivity contribution in [3.8, 4) is 0 Å². The minimum absolute atomic E-state index is 0.0461. The van der Waals surface area contributed by atoms with Crippen LogP contribution in [0.5, 0.6) is 0 Å². The van der Waals surface area contributed by atoms with Crippen molar-refractivity contribution in [2.45, 2.75) is 127 Å². The molecule has 0 bridgehead atoms. The highest BCUT2D eigenvalue weighted by Gasteiger charge is 2.81. The summed E-state index contributed by atoms with van der Waals surface area (Å²) in [7, 11) is 0. The highest BCUT2D eigenvalue weighted by molar-refractivity contribution is 14.1. The maximum atomic E-state index is 18.0. The van der Waals surface area contributed by atoms with Crippen molar-refractivity contribution in [2.75, 3.05) is 3.76 Å². The van der Waals surface area contributed by atoms with Gasteiger partial charge in [-0.15, -0.1) is 0 Å². The molecule has 8 aliphatic rings. The molecule has 0 spiro atoms. The van der Waals surface area contributed by atoms with Crippen LogP contribution < -0.4 is 0 Å². The first-order chi connectivity index (χ1) is 26.4. The first-order valence-corrected chi connectivity index (χ1v) is 22.5. The van der Waals surface area contributed by atoms with Gasteiger partial charge < -0.3 is 20.1 Å². The van der Waals surface area contributed by atoms with Gasteiger partial charge in [0, 0.05) is 39.4 Å². The van der Waals surface area contributed by atoms with Gasteiger partial charge in [-0.1, -0.05) is 74.2 Å². The second kappa shape index (κ2) is 12.8. The van der Waals surface area contributed by atoms with E-state index in [9.17, 15) is 29.7 Å². The molecule has 0 aliphatic heterocycles. The highest BCUT2D eigenvalue weighted by atomic mass is 127. The largest absolute Gasteiger partial charge is 0.447 e. The molecular weight excluding hydrogens is 879 g/mol. The number of aliphatic hydroxyl groups excluding tert-OH is 2. The van der Waals surface area contributed by atoms with Crippen LogP contribution in [0.2, 0.25) is 0 Å². The summed E-state index contributed by atoms with van der Waals surface area (Å²) < 4.78 is 75.1. The summed E-state index contributed by atoms with van der Waals surface area (Å²) >= 11 is 2.87. The summed E-state index contributed by atoms with van der Waals surface area (Å²) in [6.07, 6.45) is -1.23. The molecule has 6 fully saturated rings. The average Bonchev–Trinajstić information content (AvgIpc) is 3.48. The minimum Gasteiger partial charge on any atom is -0.447 e. The van der Waals surface area contributed by atoms with E-state index in [4.69, 9.17) is 4.74 Å². The van der Waals surface area contributed by atoms with E-state index in [2.05, 4.69) is 0 Å². The van der Waals surface area contributed by atoms with Crippen LogP contribution in [0.4, 0.5) is 17.6 Å². The number of aliphatic hydroxyl groups is 3. The molecule has 0 amide bonds. The number of hydrogen-bond acceptors (Lipinski definition) is 9. The maximum absolute atomic E-state index is 18.0. The molecule has 8 rings (SSSR count). The third-order valence-corrected chi connectivity index (χ3v) is 19.0. The Morgan fingerprint density at radius 1 is 0.772 bits per heavy atom. The van der Waals surface area contributed by atoms with Crippen molar-refractivity contribution >= 4 is 57.0 Å². The van der Waals surface area contributed by atoms with Gasteiger partial charge in [0.2, 0.25) is 5.12 Å². The lowest BCUT2D eigenvalue weighted by molar-refractivity contribution is -0.250. The zero-order valence-electron chi connectivity index (χ0n) is 32.9. The Labute approximate surface area is 347 Å². The van der Waals surface area contributed by atoms with Gasteiger partial charge in [0.05, 0.1) is 16.0 Å². The number of allylic oxidation sites excluding steroid dienone is 8. The number of ketones is 2. The number of esters is 1. The molecule has 0 saturated heterocycles. The fourth-order valence-electron chi connectivity index (χ4n) is 14.6. The number of carbonyl (C=O) groups is 4. The van der Waals surface area contributed by atoms with Gasteiger partial charge in [0.25, 0.3) is 0 Å². The number of fused-ring (bicyclic) bond motifs is 10. The van der Waals surface area contributed by atoms with E-state index >= 15 is 22.4 Å². The topological polar surface area (TPSA) is 138 Å². The van der Waals surface area contributed by atoms with Crippen LogP contribution in [0, 0.1) is 57.2 Å². The van der Waals surface area contributed by atoms with Crippen LogP contribution in [0.15, 0.2) is 47.6 Å². The number of rotatable bonds is 4. The van der Waals surface area contributed by atoms with Crippen LogP contribution in [0.3, 0.4) is 0 Å². The third kappa shape index (κ3) is 4.74. The summed E-state index contributed by atoms with van der Waals surface area (Å²) in [5.74, 6) is -7.83. The van der Waals surface area contributed by atoms with Gasteiger partial charge in [0.1, 0.15) is 12.3 Å². The lowest BCUT2D eigenvalue weighted by Crippen LogP contribution is -2.72. The lowest BCUT2D eigenvalue weighted by Gasteiger charge is -2.63. The van der Waals surface area contributed by atoms with Crippen molar-refractivity contribution in [3.05, 3.63) is 47.6 Å². The van der Waals surface area contributed by atoms with Crippen LogP contribution in [-0.2, 0) is 23.9 Å². The molecule has 0 aromatic heterocycles. The van der Waals surface area contributed by atoms with Gasteiger partial charge in [-0.05, 0) is 106 Å². The smallest absolute Gasteiger partial charge is 0.340 e. The molecular formula is C43H51F4IO8S. The molecule has 0 aromatic rings. The zero-order chi connectivity index (χ0) is 41.8. The molecule has 0 heterocycles. The Morgan fingerprint density at radius 2 is 1.21 bits per heavy atom. The summed E-state index contributed by atoms with van der Waals surface area (Å²) in [6.45, 7) is 9.48. The number of ether oxygens (including phenoxy) is 1. The fraction of sp³-hybridized carbons (Fsp3) is 0.721. The standard InChI is InChI=1S/C43H51F4IO8S/c1-20-11-24-26-15-30(44)28-13-22(49)7-9-36(28,3)40(26,46)32(51)17-38(24,5)42(20,55)34(53)56-43(35(54)57-19-48)21(2)12-25-27-16-31(45)29-14-23(50)8-10-37(29,4)41(27,47)33(52)18-39(25,43)6/h7-10,13-14,20-21,24-27,30-33,51-52,55H,11-12,15-19H2,1-6H3/t20-,21-,24+,25+,26+,27+,30+,31+,32+,33-,36+,37+,38+,39-,40+,41+,42+,43+/m1/s1. The number of halogens is 5. The van der Waals surface area contributed by atoms with Gasteiger partial charge in [-0.3, -0.25) is 14.4 Å². The predicted octanol–water partition coefficient (Wildman–Crippen LogP) is 6.78. The second-order valence-electron chi connectivity index (χ2n) is 19.4. The number of carbonyl (C=O) groups excluding carboxylic acids is 4. The molecule has 0 unspecified atom stereocenters. The molecule has 0 radical (unpaired) electrons. The molecule has 0 aromatic carbocycles. The first-order valence-electron chi connectivity index (χ1n) is 20.0. The zero-order valence-corrected chi connectivity index (χ0v) is 35.8. The van der Waals surface area contributed by atoms with E-state index in [0.29, 0.717) is 0 Å². The minimum atomic E-state index is -2.45. The third-order valence-electron chi connectivity index (χ3n) is 17.4. The average molecular weight is 931 g/mol. The Bertz CT molecular complexity index is 1980. The Balaban J connectivity index is 1.19. The highest BCUT2D eigenvalue weighted by Crippen LogP contribution is 2.74. The second-order valence-corrected chi connectivity index (χ2v) is 22.2. The molecule has 57 heavy (non-hydrogen) atoms. The molecule has 8 aliphatic carbocycles. The van der Waals surface area contributed by atoms with Gasteiger partial charge >= 0.3 is 5.97 Å². The Hall–Kier alpha value is -1.88. The number of hydrogen-bond donors (Lipinski definition) is 3. The van der Waals surface area contributed by atoms with Gasteiger partial charge in [-0.25, -0.2) is 22.4 Å². The van der Waals surface area contributed by atoms with Gasteiger partial charge in [0.15, 0.2) is 34.1 Å². The summed E-state index contributed by atoms with van der Waals surface area (Å²) in [4.78, 5) is 54.5. The predicted molar refractivity (Wildman–Crippen MR) is 212 cm³/mol. The molecule has 14 heteroatoms. The molecule has 3 N–H and O–H groups in total. The quantitative estimate of drug-likeness (QED) is 0.121. The number of alkyl halides is 5. The molecule has 8 nitrogen and oxygen atoms in total. The number of thioether (sulfide) groups is 1. The monoisotopic (exact) mass is 930 g/mol. The van der Waals surface area contributed by atoms with Crippen LogP contribution in [0.25, 0.3) is 0 Å². The van der Waals surface area contributed by atoms with E-state index < -0.39 is 140 Å². The normalized spacial score (nSPS) is 54.7. The van der Waals surface area contributed by atoms with Crippen molar-refractivity contribution in [2.24, 2.45) is 57.2 Å². The van der Waals surface area contributed by atoms with Crippen LogP contribution in [0.1, 0.15) is 80.1 Å². The maximum Gasteiger partial charge on any atom is 0.340 e. The fourth-order valence-corrected chi connectivity index (χ4v) is 16.2. The van der Waals surface area contributed by atoms with E-state index in [0.717, 1.165) is 23.9 Å². The Kier molecular flexibility index (Phi) is 9.41. The first kappa shape index (κ1) is 41.8. The Morgan fingerprint density at radius 3 is 1.68 bits per heavy atom. The summed E-state index contributed by atoms with van der Waals surface area (Å²) in [5.41, 5.74) is -15.9. The van der Waals surface area contributed by atoms with Crippen molar-refractivity contribution in [1.29, 1.82) is 0 Å². The van der Waals surface area contributed by atoms with E-state index in [1.54, 1.807) is 27.7 Å². The van der Waals surface area contributed by atoms with Crippen molar-refractivity contribution in [1.82, 2.24) is 0 Å². The van der Waals surface area contributed by atoms with Crippen molar-refractivity contribution < 1.29 is 56.8 Å². The molecule has 18 atom stereocenters. The van der Waals surface area contributed by atoms with E-state index in [1.165, 1.54) is 38.2 Å². The SMILES string of the molecule is C[C@@H]1C[C@H]2[C@@H]3C[C@H](F)C4=CC(=O)C=C[C@]4(C)[C@@]3(F)[C@@H](O)C[C@]2(C)[C@@]1(O)C(=O)O[C@]1(C(=O)SCI)[C@H](C)C[C@H]2[C@@H]3C[C@H](F)C4=CC(=O)C=C[C@]4(C)[C@@]3(F)[C@H](O)C[C@]21C. The van der Waals surface area contributed by atoms with E-state index in [-0.39, 0.29) is 40.6 Å². The summed E-state index contributed by atoms with van der Waals surface area (Å²) in [5, 5.41) is 36.3. The van der Waals surface area contributed by atoms with Crippen LogP contribution in [-0.4, -0.2) is 88.8 Å². The van der Waals surface area contributed by atoms with E-state index in [1.807, 2.05) is 22.6 Å². The van der Waals surface area contributed by atoms with Crippen molar-refractivity contribution in [3.63, 3.8) is 0 Å². The van der Waals surface area contributed by atoms with Crippen LogP contribution >= 0.6 is 34.4 Å². The molecule has 6 saturated carbocycles.